The summed E-state index contributed by atoms with van der Waals surface area (Å²) in [6, 6.07) is 7.11. The first-order chi connectivity index (χ1) is 11.0. The second-order valence-electron chi connectivity index (χ2n) is 5.72. The van der Waals surface area contributed by atoms with Gasteiger partial charge in [-0.3, -0.25) is 4.90 Å². The smallest absolute Gasteiger partial charge is 0.338 e. The molecule has 0 saturated heterocycles. The molecule has 2 aliphatic rings. The molecule has 0 bridgehead atoms. The fraction of sp³-hybridized carbons (Fsp3) is 0.412. The molecule has 6 heteroatoms. The van der Waals surface area contributed by atoms with Crippen molar-refractivity contribution in [2.24, 2.45) is 0 Å². The minimum atomic E-state index is -0.507. The Morgan fingerprint density at radius 3 is 2.70 bits per heavy atom. The molecule has 0 unspecified atom stereocenters. The monoisotopic (exact) mass is 378 g/mol. The van der Waals surface area contributed by atoms with Crippen molar-refractivity contribution >= 4 is 27.9 Å². The molecule has 1 aliphatic carbocycles. The molecule has 23 heavy (non-hydrogen) atoms. The van der Waals surface area contributed by atoms with Crippen molar-refractivity contribution in [2.45, 2.75) is 38.8 Å². The summed E-state index contributed by atoms with van der Waals surface area (Å²) in [5.41, 5.74) is 2.04. The van der Waals surface area contributed by atoms with Crippen molar-refractivity contribution < 1.29 is 14.3 Å². The lowest BCUT2D eigenvalue weighted by Gasteiger charge is -2.35. The second-order valence-corrected chi connectivity index (χ2v) is 6.58. The SMILES string of the molecule is CCOC(=O)C1=C(C)N(C2CC2)C(=O)N[C@H]1c1ccccc1Br. The first kappa shape index (κ1) is 16.1. The first-order valence-corrected chi connectivity index (χ1v) is 8.56. The fourth-order valence-corrected chi connectivity index (χ4v) is 3.46. The molecule has 1 aromatic carbocycles. The summed E-state index contributed by atoms with van der Waals surface area (Å²) in [5, 5.41) is 2.96. The Bertz CT molecular complexity index is 682. The van der Waals surface area contributed by atoms with Gasteiger partial charge in [-0.05, 0) is 38.3 Å². The number of rotatable bonds is 4. The number of hydrogen-bond acceptors (Lipinski definition) is 3. The third kappa shape index (κ3) is 3.00. The zero-order valence-electron chi connectivity index (χ0n) is 13.1. The summed E-state index contributed by atoms with van der Waals surface area (Å²) < 4.78 is 6.08. The van der Waals surface area contributed by atoms with Gasteiger partial charge in [0.15, 0.2) is 0 Å². The molecule has 1 saturated carbocycles. The highest BCUT2D eigenvalue weighted by atomic mass is 79.9. The van der Waals surface area contributed by atoms with Crippen LogP contribution in [0.15, 0.2) is 40.0 Å². The Labute approximate surface area is 143 Å². The number of amides is 2. The minimum Gasteiger partial charge on any atom is -0.463 e. The Kier molecular flexibility index (Phi) is 4.43. The first-order valence-electron chi connectivity index (χ1n) is 7.76. The van der Waals surface area contributed by atoms with E-state index in [2.05, 4.69) is 21.2 Å². The van der Waals surface area contributed by atoms with Crippen LogP contribution in [-0.2, 0) is 9.53 Å². The molecule has 5 nitrogen and oxygen atoms in total. The molecular formula is C17H19BrN2O3. The molecular weight excluding hydrogens is 360 g/mol. The average Bonchev–Trinajstić information content (AvgIpc) is 3.32. The Hall–Kier alpha value is -1.82. The van der Waals surface area contributed by atoms with Gasteiger partial charge in [0.05, 0.1) is 18.2 Å². The largest absolute Gasteiger partial charge is 0.463 e. The van der Waals surface area contributed by atoms with E-state index < -0.39 is 6.04 Å². The number of nitrogens with zero attached hydrogens (tertiary/aromatic N) is 1. The van der Waals surface area contributed by atoms with Crippen LogP contribution in [0.25, 0.3) is 0 Å². The number of carbonyl (C=O) groups excluding carboxylic acids is 2. The van der Waals surface area contributed by atoms with Crippen LogP contribution in [0.5, 0.6) is 0 Å². The Morgan fingerprint density at radius 1 is 1.39 bits per heavy atom. The number of hydrogen-bond donors (Lipinski definition) is 1. The van der Waals surface area contributed by atoms with Crippen molar-refractivity contribution in [3.8, 4) is 0 Å². The van der Waals surface area contributed by atoms with Crippen LogP contribution in [0.2, 0.25) is 0 Å². The molecule has 122 valence electrons. The summed E-state index contributed by atoms with van der Waals surface area (Å²) in [6.45, 7) is 3.91. The number of allylic oxidation sites excluding steroid dienone is 1. The van der Waals surface area contributed by atoms with Crippen LogP contribution in [0, 0.1) is 0 Å². The topological polar surface area (TPSA) is 58.6 Å². The number of esters is 1. The van der Waals surface area contributed by atoms with Gasteiger partial charge < -0.3 is 10.1 Å². The zero-order valence-corrected chi connectivity index (χ0v) is 14.7. The van der Waals surface area contributed by atoms with Crippen LogP contribution in [-0.4, -0.2) is 29.5 Å². The van der Waals surface area contributed by atoms with E-state index in [1.807, 2.05) is 31.2 Å². The van der Waals surface area contributed by atoms with Gasteiger partial charge in [-0.25, -0.2) is 9.59 Å². The van der Waals surface area contributed by atoms with Crippen molar-refractivity contribution in [2.75, 3.05) is 6.61 Å². The minimum absolute atomic E-state index is 0.154. The standard InChI is InChI=1S/C17H19BrN2O3/c1-3-23-16(21)14-10(2)20(11-8-9-11)17(22)19-15(14)12-6-4-5-7-13(12)18/h4-7,11,15H,3,8-9H2,1-2H3,(H,19,22)/t15-/m0/s1. The van der Waals surface area contributed by atoms with Crippen molar-refractivity contribution in [1.82, 2.24) is 10.2 Å². The highest BCUT2D eigenvalue weighted by molar-refractivity contribution is 9.10. The lowest BCUT2D eigenvalue weighted by atomic mass is 9.95. The van der Waals surface area contributed by atoms with Crippen molar-refractivity contribution in [3.05, 3.63) is 45.6 Å². The van der Waals surface area contributed by atoms with Gasteiger partial charge >= 0.3 is 12.0 Å². The number of halogens is 1. The van der Waals surface area contributed by atoms with Gasteiger partial charge in [-0.2, -0.15) is 0 Å². The summed E-state index contributed by atoms with van der Waals surface area (Å²) in [5.74, 6) is -0.378. The van der Waals surface area contributed by atoms with E-state index in [-0.39, 0.29) is 18.0 Å². The third-order valence-electron chi connectivity index (χ3n) is 4.15. The van der Waals surface area contributed by atoms with Crippen molar-refractivity contribution in [3.63, 3.8) is 0 Å². The molecule has 0 aromatic heterocycles. The number of urea groups is 1. The predicted molar refractivity (Wildman–Crippen MR) is 89.6 cm³/mol. The molecule has 1 fully saturated rings. The summed E-state index contributed by atoms with van der Waals surface area (Å²) in [7, 11) is 0. The fourth-order valence-electron chi connectivity index (χ4n) is 2.95. The van der Waals surface area contributed by atoms with E-state index in [0.717, 1.165) is 22.9 Å². The predicted octanol–water partition coefficient (Wildman–Crippen LogP) is 3.51. The highest BCUT2D eigenvalue weighted by Gasteiger charge is 2.42. The molecule has 1 heterocycles. The molecule has 1 N–H and O–H groups in total. The summed E-state index contributed by atoms with van der Waals surface area (Å²) in [6.07, 6.45) is 1.95. The molecule has 1 aromatic rings. The quantitative estimate of drug-likeness (QED) is 0.815. The maximum atomic E-state index is 12.5. The maximum absolute atomic E-state index is 12.5. The van der Waals surface area contributed by atoms with Crippen LogP contribution >= 0.6 is 15.9 Å². The van der Waals surface area contributed by atoms with E-state index in [4.69, 9.17) is 4.74 Å². The van der Waals surface area contributed by atoms with Crippen LogP contribution in [0.3, 0.4) is 0 Å². The average molecular weight is 379 g/mol. The number of benzene rings is 1. The van der Waals surface area contributed by atoms with E-state index in [0.29, 0.717) is 17.9 Å². The van der Waals surface area contributed by atoms with Gasteiger partial charge in [0.25, 0.3) is 0 Å². The lowest BCUT2D eigenvalue weighted by molar-refractivity contribution is -0.139. The van der Waals surface area contributed by atoms with Crippen LogP contribution < -0.4 is 5.32 Å². The van der Waals surface area contributed by atoms with Crippen LogP contribution in [0.4, 0.5) is 4.79 Å². The molecule has 1 atom stereocenters. The van der Waals surface area contributed by atoms with Crippen LogP contribution in [0.1, 0.15) is 38.3 Å². The van der Waals surface area contributed by atoms with E-state index in [1.54, 1.807) is 11.8 Å². The van der Waals surface area contributed by atoms with Gasteiger partial charge in [0.1, 0.15) is 0 Å². The zero-order chi connectivity index (χ0) is 16.6. The number of ether oxygens (including phenoxy) is 1. The lowest BCUT2D eigenvalue weighted by Crippen LogP contribution is -2.49. The van der Waals surface area contributed by atoms with Gasteiger partial charge in [0, 0.05) is 16.2 Å². The normalized spacial score (nSPS) is 21.3. The van der Waals surface area contributed by atoms with Crippen molar-refractivity contribution in [1.29, 1.82) is 0 Å². The third-order valence-corrected chi connectivity index (χ3v) is 4.87. The van der Waals surface area contributed by atoms with E-state index >= 15 is 0 Å². The van der Waals surface area contributed by atoms with E-state index in [1.165, 1.54) is 0 Å². The highest BCUT2D eigenvalue weighted by Crippen LogP contribution is 2.39. The summed E-state index contributed by atoms with van der Waals surface area (Å²) >= 11 is 3.50. The molecule has 0 spiro atoms. The molecule has 0 radical (unpaired) electrons. The second kappa shape index (κ2) is 6.35. The number of nitrogens with one attached hydrogen (secondary N) is 1. The molecule has 3 rings (SSSR count). The maximum Gasteiger partial charge on any atom is 0.338 e. The van der Waals surface area contributed by atoms with Gasteiger partial charge in [-0.1, -0.05) is 34.1 Å². The van der Waals surface area contributed by atoms with Gasteiger partial charge in [-0.15, -0.1) is 0 Å². The summed E-state index contributed by atoms with van der Waals surface area (Å²) in [4.78, 5) is 26.7. The van der Waals surface area contributed by atoms with Gasteiger partial charge in [0.2, 0.25) is 0 Å². The Balaban J connectivity index is 2.08. The number of carbonyl (C=O) groups is 2. The molecule has 1 aliphatic heterocycles. The Morgan fingerprint density at radius 2 is 2.09 bits per heavy atom. The van der Waals surface area contributed by atoms with E-state index in [9.17, 15) is 9.59 Å². The molecule has 2 amide bonds.